The lowest BCUT2D eigenvalue weighted by Gasteiger charge is -2.30. The van der Waals surface area contributed by atoms with Gasteiger partial charge in [0.25, 0.3) is 0 Å². The van der Waals surface area contributed by atoms with Gasteiger partial charge in [-0.25, -0.2) is 4.39 Å². The van der Waals surface area contributed by atoms with Crippen molar-refractivity contribution in [2.24, 2.45) is 0 Å². The minimum absolute atomic E-state index is 0.155. The number of benzene rings is 3. The second-order valence-corrected chi connectivity index (χ2v) is 8.16. The maximum atomic E-state index is 13.2. The molecule has 3 aromatic carbocycles. The zero-order chi connectivity index (χ0) is 22.9. The lowest BCUT2D eigenvalue weighted by molar-refractivity contribution is 0.0876. The van der Waals surface area contributed by atoms with Gasteiger partial charge in [0.05, 0.1) is 12.2 Å². The van der Waals surface area contributed by atoms with Gasteiger partial charge < -0.3 is 14.2 Å². The van der Waals surface area contributed by atoms with Crippen LogP contribution in [0.25, 0.3) is 6.08 Å². The number of Topliss-reactive ketones (excluding diaryl/α,β-unsaturated/α-hetero) is 1. The maximum Gasteiger partial charge on any atom is 0.231 e. The number of allylic oxidation sites excluding steroid dienone is 1. The molecule has 0 radical (unpaired) electrons. The fraction of sp³-hybridized carbons (Fsp3) is 0.222. The second-order valence-electron chi connectivity index (χ2n) is 8.16. The number of para-hydroxylation sites is 1. The molecule has 0 saturated carbocycles. The summed E-state index contributed by atoms with van der Waals surface area (Å²) in [6.07, 6.45) is 1.73. The van der Waals surface area contributed by atoms with Gasteiger partial charge in [0.15, 0.2) is 5.76 Å². The number of ketones is 1. The lowest BCUT2D eigenvalue weighted by Crippen LogP contribution is -2.32. The van der Waals surface area contributed by atoms with Crippen molar-refractivity contribution in [2.45, 2.75) is 26.9 Å². The molecule has 0 atom stereocenters. The fourth-order valence-electron chi connectivity index (χ4n) is 4.27. The van der Waals surface area contributed by atoms with Gasteiger partial charge in [0.1, 0.15) is 29.8 Å². The third-order valence-electron chi connectivity index (χ3n) is 5.83. The molecular formula is C27H24FNO4. The molecule has 5 rings (SSSR count). The first-order valence-electron chi connectivity index (χ1n) is 11.0. The number of nitrogens with zero attached hydrogens (tertiary/aromatic N) is 1. The van der Waals surface area contributed by atoms with E-state index in [1.807, 2.05) is 44.2 Å². The minimum Gasteiger partial charge on any atom is -0.493 e. The molecular weight excluding hydrogens is 421 g/mol. The summed E-state index contributed by atoms with van der Waals surface area (Å²) in [5.74, 6) is 1.87. The van der Waals surface area contributed by atoms with E-state index >= 15 is 0 Å². The molecule has 2 heterocycles. The number of halogens is 1. The normalized spacial score (nSPS) is 16.2. The van der Waals surface area contributed by atoms with Crippen molar-refractivity contribution in [3.63, 3.8) is 0 Å². The number of rotatable bonds is 5. The van der Waals surface area contributed by atoms with Gasteiger partial charge >= 0.3 is 0 Å². The van der Waals surface area contributed by atoms with Crippen molar-refractivity contribution >= 4 is 11.9 Å². The van der Waals surface area contributed by atoms with E-state index < -0.39 is 0 Å². The molecule has 3 aromatic rings. The summed E-state index contributed by atoms with van der Waals surface area (Å²) in [6.45, 7) is 6.02. The summed E-state index contributed by atoms with van der Waals surface area (Å²) in [4.78, 5) is 15.3. The van der Waals surface area contributed by atoms with Gasteiger partial charge in [-0.3, -0.25) is 9.69 Å². The topological polar surface area (TPSA) is 48.0 Å². The van der Waals surface area contributed by atoms with Crippen molar-refractivity contribution in [3.8, 4) is 17.2 Å². The quantitative estimate of drug-likeness (QED) is 0.485. The number of carbonyl (C=O) groups is 1. The van der Waals surface area contributed by atoms with Crippen molar-refractivity contribution < 1.29 is 23.4 Å². The molecule has 0 aliphatic carbocycles. The summed E-state index contributed by atoms with van der Waals surface area (Å²) in [7, 11) is 0. The summed E-state index contributed by atoms with van der Waals surface area (Å²) in [5.41, 5.74) is 4.09. The minimum atomic E-state index is -0.253. The first kappa shape index (κ1) is 21.2. The molecule has 0 spiro atoms. The Hall–Kier alpha value is -3.64. The number of ether oxygens (including phenoxy) is 3. The van der Waals surface area contributed by atoms with Crippen LogP contribution in [0, 0.1) is 12.7 Å². The Bertz CT molecular complexity index is 1250. The highest BCUT2D eigenvalue weighted by Crippen LogP contribution is 2.43. The van der Waals surface area contributed by atoms with Crippen LogP contribution in [0.5, 0.6) is 17.2 Å². The third kappa shape index (κ3) is 4.10. The zero-order valence-electron chi connectivity index (χ0n) is 18.6. The van der Waals surface area contributed by atoms with E-state index in [0.717, 1.165) is 28.0 Å². The van der Waals surface area contributed by atoms with E-state index in [1.165, 1.54) is 12.1 Å². The summed E-state index contributed by atoms with van der Waals surface area (Å²) < 4.78 is 30.9. The van der Waals surface area contributed by atoms with Crippen LogP contribution in [-0.4, -0.2) is 24.0 Å². The van der Waals surface area contributed by atoms with Crippen molar-refractivity contribution in [1.82, 2.24) is 4.90 Å². The van der Waals surface area contributed by atoms with Crippen LogP contribution < -0.4 is 14.2 Å². The number of carbonyl (C=O) groups excluding carboxylic acids is 1. The second kappa shape index (κ2) is 8.71. The Kier molecular flexibility index (Phi) is 5.60. The number of hydrogen-bond donors (Lipinski definition) is 0. The Morgan fingerprint density at radius 3 is 2.70 bits per heavy atom. The van der Waals surface area contributed by atoms with Crippen LogP contribution in [0.3, 0.4) is 0 Å². The van der Waals surface area contributed by atoms with E-state index in [1.54, 1.807) is 18.2 Å². The van der Waals surface area contributed by atoms with Gasteiger partial charge in [-0.05, 0) is 49.8 Å². The van der Waals surface area contributed by atoms with Crippen LogP contribution in [0.4, 0.5) is 4.39 Å². The average molecular weight is 445 g/mol. The summed E-state index contributed by atoms with van der Waals surface area (Å²) in [6, 6.07) is 15.9. The maximum absolute atomic E-state index is 13.2. The van der Waals surface area contributed by atoms with Crippen molar-refractivity contribution in [1.29, 1.82) is 0 Å². The SMILES string of the molecule is CCOc1ccccc1/C=C1\Oc2c(cc3c(c2C)OCN(Cc2ccc(F)cc2)C3)C1=O. The summed E-state index contributed by atoms with van der Waals surface area (Å²) >= 11 is 0. The van der Waals surface area contributed by atoms with Crippen molar-refractivity contribution in [2.75, 3.05) is 13.3 Å². The first-order valence-corrected chi connectivity index (χ1v) is 11.0. The molecule has 2 aliphatic rings. The van der Waals surface area contributed by atoms with E-state index in [4.69, 9.17) is 14.2 Å². The van der Waals surface area contributed by atoms with E-state index in [9.17, 15) is 9.18 Å². The Morgan fingerprint density at radius 2 is 1.91 bits per heavy atom. The van der Waals surface area contributed by atoms with E-state index in [-0.39, 0.29) is 17.4 Å². The molecule has 5 nitrogen and oxygen atoms in total. The number of fused-ring (bicyclic) bond motifs is 2. The third-order valence-corrected chi connectivity index (χ3v) is 5.83. The predicted octanol–water partition coefficient (Wildman–Crippen LogP) is 5.50. The lowest BCUT2D eigenvalue weighted by atomic mass is 9.99. The molecule has 0 unspecified atom stereocenters. The molecule has 0 N–H and O–H groups in total. The molecule has 0 saturated heterocycles. The van der Waals surface area contributed by atoms with Crippen molar-refractivity contribution in [3.05, 3.63) is 94.0 Å². The van der Waals surface area contributed by atoms with Crippen LogP contribution in [0.15, 0.2) is 60.4 Å². The van der Waals surface area contributed by atoms with Gasteiger partial charge in [-0.15, -0.1) is 0 Å². The molecule has 33 heavy (non-hydrogen) atoms. The van der Waals surface area contributed by atoms with E-state index in [0.29, 0.717) is 43.5 Å². The molecule has 0 fully saturated rings. The highest BCUT2D eigenvalue weighted by molar-refractivity contribution is 6.15. The molecule has 168 valence electrons. The summed E-state index contributed by atoms with van der Waals surface area (Å²) in [5, 5.41) is 0. The molecule has 6 heteroatoms. The van der Waals surface area contributed by atoms with Gasteiger partial charge in [0.2, 0.25) is 5.78 Å². The molecule has 2 aliphatic heterocycles. The zero-order valence-corrected chi connectivity index (χ0v) is 18.6. The Balaban J connectivity index is 1.42. The predicted molar refractivity (Wildman–Crippen MR) is 123 cm³/mol. The van der Waals surface area contributed by atoms with Crippen LogP contribution in [-0.2, 0) is 13.1 Å². The van der Waals surface area contributed by atoms with Crippen LogP contribution in [0.2, 0.25) is 0 Å². The van der Waals surface area contributed by atoms with Crippen LogP contribution in [0.1, 0.15) is 39.5 Å². The average Bonchev–Trinajstić information content (AvgIpc) is 3.12. The van der Waals surface area contributed by atoms with Gasteiger partial charge in [-0.1, -0.05) is 30.3 Å². The molecule has 0 aromatic heterocycles. The largest absolute Gasteiger partial charge is 0.493 e. The Morgan fingerprint density at radius 1 is 1.12 bits per heavy atom. The van der Waals surface area contributed by atoms with Crippen LogP contribution >= 0.6 is 0 Å². The monoisotopic (exact) mass is 445 g/mol. The van der Waals surface area contributed by atoms with Gasteiger partial charge in [0, 0.05) is 29.8 Å². The van der Waals surface area contributed by atoms with E-state index in [2.05, 4.69) is 4.90 Å². The molecule has 0 bridgehead atoms. The number of hydrogen-bond acceptors (Lipinski definition) is 5. The van der Waals surface area contributed by atoms with Gasteiger partial charge in [-0.2, -0.15) is 0 Å². The smallest absolute Gasteiger partial charge is 0.231 e. The fourth-order valence-corrected chi connectivity index (χ4v) is 4.27. The highest BCUT2D eigenvalue weighted by Gasteiger charge is 2.33. The standard InChI is InChI=1S/C27H24FNO4/c1-3-31-23-7-5-4-6-19(23)13-24-25(30)22-12-20-15-29(14-18-8-10-21(28)11-9-18)16-32-26(20)17(2)27(22)33-24/h4-13H,3,14-16H2,1-2H3/b24-13-. The Labute approximate surface area is 192 Å². The molecule has 0 amide bonds. The first-order chi connectivity index (χ1) is 16.0. The highest BCUT2D eigenvalue weighted by atomic mass is 19.1.